The number of allylic oxidation sites excluding steroid dienone is 4. The lowest BCUT2D eigenvalue weighted by Crippen LogP contribution is -2.34. The van der Waals surface area contributed by atoms with E-state index < -0.39 is 23.8 Å². The first-order chi connectivity index (χ1) is 25.3. The van der Waals surface area contributed by atoms with Crippen LogP contribution in [0, 0.1) is 11.8 Å². The van der Waals surface area contributed by atoms with Crippen LogP contribution in [-0.4, -0.2) is 50.9 Å². The van der Waals surface area contributed by atoms with E-state index in [1.54, 1.807) is 40.2 Å². The van der Waals surface area contributed by atoms with Crippen molar-refractivity contribution in [2.45, 2.75) is 38.5 Å². The third-order valence-electron chi connectivity index (χ3n) is 9.39. The molecule has 0 aliphatic heterocycles. The monoisotopic (exact) mass is 700 g/mol. The summed E-state index contributed by atoms with van der Waals surface area (Å²) in [5.74, 6) is -1.81. The molecule has 0 radical (unpaired) electrons. The number of ketones is 2. The number of carbonyl (C=O) groups is 4. The normalized spacial score (nSPS) is 19.6. The van der Waals surface area contributed by atoms with Gasteiger partial charge < -0.3 is 18.9 Å². The molecule has 0 amide bonds. The van der Waals surface area contributed by atoms with Crippen molar-refractivity contribution in [3.63, 3.8) is 0 Å². The third kappa shape index (κ3) is 8.93. The number of esters is 2. The quantitative estimate of drug-likeness (QED) is 0.121. The van der Waals surface area contributed by atoms with Gasteiger partial charge in [-0.15, -0.1) is 0 Å². The molecule has 0 spiro atoms. The van der Waals surface area contributed by atoms with E-state index in [4.69, 9.17) is 18.9 Å². The average Bonchev–Trinajstić information content (AvgIpc) is 3.18. The number of hydrogen-bond acceptors (Lipinski definition) is 8. The van der Waals surface area contributed by atoms with Crippen LogP contribution in [0.15, 0.2) is 121 Å². The van der Waals surface area contributed by atoms with Crippen LogP contribution in [-0.2, 0) is 28.7 Å². The molecule has 4 aromatic rings. The highest BCUT2D eigenvalue weighted by molar-refractivity contribution is 6.11. The van der Waals surface area contributed by atoms with Crippen molar-refractivity contribution in [3.8, 4) is 11.5 Å². The fourth-order valence-corrected chi connectivity index (χ4v) is 6.81. The Labute approximate surface area is 305 Å². The molecule has 4 aromatic carbocycles. The SMILES string of the molecule is CCOC(=O)[C@@H]1C(=O)C=C(c2ccc(OC)cc2)C[C@H]1c1ccccc1.CCOC(=O)[C@H]1C(=O)C=C(c2ccc(OC)cc2)C[C@@H]1c1ccccc1. The Balaban J connectivity index is 0.000000201. The van der Waals surface area contributed by atoms with Crippen molar-refractivity contribution in [2.75, 3.05) is 27.4 Å². The standard InChI is InChI=1S/2C22H22O4/c2*1-3-26-22(24)21-19(16-7-5-4-6-8-16)13-17(14-20(21)23)15-9-11-18(25-2)12-10-15/h2*4-12,14,19,21H,3,13H2,1-2H3/t2*19-,21-/m10/s1. The molecule has 8 heteroatoms. The van der Waals surface area contributed by atoms with Crippen molar-refractivity contribution in [1.82, 2.24) is 0 Å². The van der Waals surface area contributed by atoms with Gasteiger partial charge in [0.25, 0.3) is 0 Å². The molecule has 0 saturated carbocycles. The fraction of sp³-hybridized carbons (Fsp3) is 0.273. The van der Waals surface area contributed by atoms with Gasteiger partial charge in [-0.25, -0.2) is 0 Å². The van der Waals surface area contributed by atoms with Crippen LogP contribution in [0.3, 0.4) is 0 Å². The van der Waals surface area contributed by atoms with Crippen molar-refractivity contribution >= 4 is 34.7 Å². The summed E-state index contributed by atoms with van der Waals surface area (Å²) in [6.45, 7) is 4.03. The second-order valence-electron chi connectivity index (χ2n) is 12.5. The first-order valence-corrected chi connectivity index (χ1v) is 17.5. The smallest absolute Gasteiger partial charge is 0.317 e. The molecule has 4 atom stereocenters. The number of methoxy groups -OCH3 is 2. The zero-order valence-corrected chi connectivity index (χ0v) is 30.0. The zero-order valence-electron chi connectivity index (χ0n) is 30.0. The summed E-state index contributed by atoms with van der Waals surface area (Å²) in [6.07, 6.45) is 4.38. The highest BCUT2D eigenvalue weighted by Crippen LogP contribution is 2.42. The maximum atomic E-state index is 12.8. The van der Waals surface area contributed by atoms with Crippen molar-refractivity contribution in [2.24, 2.45) is 11.8 Å². The van der Waals surface area contributed by atoms with Gasteiger partial charge in [0.05, 0.1) is 27.4 Å². The van der Waals surface area contributed by atoms with Crippen LogP contribution < -0.4 is 9.47 Å². The first kappa shape index (κ1) is 37.5. The van der Waals surface area contributed by atoms with E-state index in [0.29, 0.717) is 12.8 Å². The second-order valence-corrected chi connectivity index (χ2v) is 12.5. The lowest BCUT2D eigenvalue weighted by atomic mass is 9.73. The lowest BCUT2D eigenvalue weighted by molar-refractivity contribution is -0.153. The molecule has 0 bridgehead atoms. The highest BCUT2D eigenvalue weighted by atomic mass is 16.5. The van der Waals surface area contributed by atoms with Crippen LogP contribution in [0.4, 0.5) is 0 Å². The van der Waals surface area contributed by atoms with Gasteiger partial charge >= 0.3 is 11.9 Å². The summed E-state index contributed by atoms with van der Waals surface area (Å²) in [4.78, 5) is 50.5. The molecule has 268 valence electrons. The summed E-state index contributed by atoms with van der Waals surface area (Å²) in [5.41, 5.74) is 5.71. The Morgan fingerprint density at radius 1 is 0.538 bits per heavy atom. The first-order valence-electron chi connectivity index (χ1n) is 17.5. The average molecular weight is 701 g/mol. The van der Waals surface area contributed by atoms with E-state index in [1.807, 2.05) is 109 Å². The molecule has 6 rings (SSSR count). The minimum atomic E-state index is -0.792. The molecule has 52 heavy (non-hydrogen) atoms. The van der Waals surface area contributed by atoms with Crippen LogP contribution in [0.2, 0.25) is 0 Å². The van der Waals surface area contributed by atoms with Crippen LogP contribution in [0.1, 0.15) is 60.8 Å². The van der Waals surface area contributed by atoms with Gasteiger partial charge in [-0.2, -0.15) is 0 Å². The Bertz CT molecular complexity index is 1750. The van der Waals surface area contributed by atoms with Gasteiger partial charge in [-0.1, -0.05) is 84.9 Å². The topological polar surface area (TPSA) is 105 Å². The Kier molecular flexibility index (Phi) is 12.9. The molecule has 0 aromatic heterocycles. The van der Waals surface area contributed by atoms with Gasteiger partial charge in [0, 0.05) is 11.8 Å². The van der Waals surface area contributed by atoms with Crippen molar-refractivity contribution in [3.05, 3.63) is 144 Å². The van der Waals surface area contributed by atoms with Crippen LogP contribution >= 0.6 is 0 Å². The molecular weight excluding hydrogens is 656 g/mol. The number of benzene rings is 4. The summed E-state index contributed by atoms with van der Waals surface area (Å²) in [5, 5.41) is 0. The summed E-state index contributed by atoms with van der Waals surface area (Å²) >= 11 is 0. The predicted octanol–water partition coefficient (Wildman–Crippen LogP) is 8.03. The van der Waals surface area contributed by atoms with E-state index in [-0.39, 0.29) is 36.6 Å². The lowest BCUT2D eigenvalue weighted by Gasteiger charge is -2.29. The van der Waals surface area contributed by atoms with E-state index >= 15 is 0 Å². The van der Waals surface area contributed by atoms with Gasteiger partial charge in [-0.05, 0) is 96.5 Å². The Morgan fingerprint density at radius 2 is 0.885 bits per heavy atom. The molecule has 0 saturated heterocycles. The molecular formula is C44H44O8. The summed E-state index contributed by atoms with van der Waals surface area (Å²) in [7, 11) is 3.24. The molecule has 0 unspecified atom stereocenters. The molecule has 0 N–H and O–H groups in total. The van der Waals surface area contributed by atoms with Gasteiger partial charge in [0.15, 0.2) is 11.6 Å². The van der Waals surface area contributed by atoms with Gasteiger partial charge in [0.1, 0.15) is 23.3 Å². The Hall–Kier alpha value is -5.76. The molecule has 2 aliphatic carbocycles. The van der Waals surface area contributed by atoms with Crippen LogP contribution in [0.25, 0.3) is 11.1 Å². The number of hydrogen-bond donors (Lipinski definition) is 0. The minimum Gasteiger partial charge on any atom is -0.497 e. The Morgan fingerprint density at radius 3 is 1.19 bits per heavy atom. The zero-order chi connectivity index (χ0) is 37.0. The molecule has 2 aliphatic rings. The largest absolute Gasteiger partial charge is 0.497 e. The maximum absolute atomic E-state index is 12.8. The van der Waals surface area contributed by atoms with Crippen molar-refractivity contribution < 1.29 is 38.1 Å². The van der Waals surface area contributed by atoms with E-state index in [1.165, 1.54) is 0 Å². The number of ether oxygens (including phenoxy) is 4. The highest BCUT2D eigenvalue weighted by Gasteiger charge is 2.41. The maximum Gasteiger partial charge on any atom is 0.317 e. The molecule has 0 fully saturated rings. The van der Waals surface area contributed by atoms with E-state index in [0.717, 1.165) is 44.9 Å². The third-order valence-corrected chi connectivity index (χ3v) is 9.39. The van der Waals surface area contributed by atoms with E-state index in [9.17, 15) is 19.2 Å². The molecule has 0 heterocycles. The van der Waals surface area contributed by atoms with Crippen LogP contribution in [0.5, 0.6) is 11.5 Å². The number of carbonyl (C=O) groups excluding carboxylic acids is 4. The second kappa shape index (κ2) is 17.9. The van der Waals surface area contributed by atoms with Gasteiger partial charge in [-0.3, -0.25) is 19.2 Å². The molecule has 8 nitrogen and oxygen atoms in total. The van der Waals surface area contributed by atoms with Gasteiger partial charge in [0.2, 0.25) is 0 Å². The van der Waals surface area contributed by atoms with Crippen molar-refractivity contribution in [1.29, 1.82) is 0 Å². The predicted molar refractivity (Wildman–Crippen MR) is 200 cm³/mol. The number of rotatable bonds is 10. The summed E-state index contributed by atoms with van der Waals surface area (Å²) < 4.78 is 20.7. The summed E-state index contributed by atoms with van der Waals surface area (Å²) in [6, 6.07) is 34.6. The fourth-order valence-electron chi connectivity index (χ4n) is 6.81. The van der Waals surface area contributed by atoms with E-state index in [2.05, 4.69) is 0 Å². The minimum absolute atomic E-state index is 0.200.